The normalized spacial score (nSPS) is 13.5. The van der Waals surface area contributed by atoms with Gasteiger partial charge in [0.2, 0.25) is 0 Å². The number of aliphatic hydroxyl groups excluding tert-OH is 1. The largest absolute Gasteiger partial charge is 0.493 e. The molecule has 0 aliphatic carbocycles. The molecule has 0 amide bonds. The number of benzene rings is 1. The second-order valence-electron chi connectivity index (χ2n) is 3.57. The summed E-state index contributed by atoms with van der Waals surface area (Å²) in [5.74, 6) is -3.05. The summed E-state index contributed by atoms with van der Waals surface area (Å²) in [6.45, 7) is 1.29. The Balaban J connectivity index is 3.70. The first-order valence-electron chi connectivity index (χ1n) is 4.64. The van der Waals surface area contributed by atoms with E-state index in [4.69, 9.17) is 0 Å². The van der Waals surface area contributed by atoms with Crippen LogP contribution >= 0.6 is 0 Å². The van der Waals surface area contributed by atoms with Crippen LogP contribution in [0.3, 0.4) is 0 Å². The summed E-state index contributed by atoms with van der Waals surface area (Å²) in [4.78, 5) is -1.06. The van der Waals surface area contributed by atoms with E-state index >= 15 is 0 Å². The quantitative estimate of drug-likeness (QED) is 0.899. The molecule has 0 radical (unpaired) electrons. The zero-order valence-electron chi connectivity index (χ0n) is 9.49. The number of sulfone groups is 1. The average molecular weight is 266 g/mol. The first-order valence-corrected chi connectivity index (χ1v) is 6.53. The number of methoxy groups -OCH3 is 1. The Morgan fingerprint density at radius 3 is 2.29 bits per heavy atom. The summed E-state index contributed by atoms with van der Waals surface area (Å²) in [7, 11) is -2.95. The van der Waals surface area contributed by atoms with Gasteiger partial charge in [0.15, 0.2) is 21.4 Å². The van der Waals surface area contributed by atoms with Gasteiger partial charge in [0.1, 0.15) is 10.7 Å². The molecule has 17 heavy (non-hydrogen) atoms. The van der Waals surface area contributed by atoms with Gasteiger partial charge in [-0.25, -0.2) is 17.2 Å². The second kappa shape index (κ2) is 4.58. The van der Waals surface area contributed by atoms with Crippen molar-refractivity contribution >= 4 is 9.84 Å². The maximum Gasteiger partial charge on any atom is 0.187 e. The molecule has 7 heteroatoms. The number of hydrogen-bond donors (Lipinski definition) is 1. The maximum absolute atomic E-state index is 13.8. The Morgan fingerprint density at radius 2 is 1.94 bits per heavy atom. The topological polar surface area (TPSA) is 63.6 Å². The first-order chi connectivity index (χ1) is 7.70. The lowest BCUT2D eigenvalue weighted by atomic mass is 10.1. The molecule has 96 valence electrons. The first kappa shape index (κ1) is 13.9. The van der Waals surface area contributed by atoms with Gasteiger partial charge in [0.05, 0.1) is 13.2 Å². The van der Waals surface area contributed by atoms with E-state index in [1.807, 2.05) is 0 Å². The molecule has 1 aromatic rings. The van der Waals surface area contributed by atoms with Crippen molar-refractivity contribution in [3.05, 3.63) is 23.3 Å². The third-order valence-electron chi connectivity index (χ3n) is 2.19. The monoisotopic (exact) mass is 266 g/mol. The van der Waals surface area contributed by atoms with Crippen LogP contribution in [0.4, 0.5) is 8.78 Å². The molecule has 0 aliphatic rings. The van der Waals surface area contributed by atoms with Crippen LogP contribution in [0, 0.1) is 11.6 Å². The van der Waals surface area contributed by atoms with Crippen LogP contribution in [0.1, 0.15) is 18.6 Å². The van der Waals surface area contributed by atoms with Crippen molar-refractivity contribution in [2.75, 3.05) is 13.4 Å². The highest BCUT2D eigenvalue weighted by Crippen LogP contribution is 2.34. The molecular weight excluding hydrogens is 254 g/mol. The molecular formula is C10H12F2O4S. The summed E-state index contributed by atoms with van der Waals surface area (Å²) in [6, 6.07) is 0.753. The van der Waals surface area contributed by atoms with E-state index in [2.05, 4.69) is 4.74 Å². The Bertz CT molecular complexity index is 538. The molecule has 1 aromatic carbocycles. The smallest absolute Gasteiger partial charge is 0.187 e. The Labute approximate surface area is 97.8 Å². The molecule has 0 spiro atoms. The molecule has 1 unspecified atom stereocenters. The Hall–Kier alpha value is -1.21. The van der Waals surface area contributed by atoms with Crippen molar-refractivity contribution < 1.29 is 27.0 Å². The Kier molecular flexibility index (Phi) is 3.73. The number of aliphatic hydroxyl groups is 1. The average Bonchev–Trinajstić information content (AvgIpc) is 2.14. The van der Waals surface area contributed by atoms with Crippen LogP contribution in [-0.4, -0.2) is 26.9 Å². The summed E-state index contributed by atoms with van der Waals surface area (Å²) in [5.41, 5.74) is -0.144. The molecule has 1 rings (SSSR count). The maximum atomic E-state index is 13.8. The van der Waals surface area contributed by atoms with Gasteiger partial charge in [-0.2, -0.15) is 0 Å². The molecule has 0 fully saturated rings. The molecule has 0 aromatic heterocycles. The van der Waals surface area contributed by atoms with E-state index in [1.54, 1.807) is 0 Å². The number of rotatable bonds is 3. The lowest BCUT2D eigenvalue weighted by Crippen LogP contribution is -2.09. The number of halogens is 2. The summed E-state index contributed by atoms with van der Waals surface area (Å²) in [5, 5.41) is 9.32. The standard InChI is InChI=1S/C10H12F2O4S/c1-5(13)6-4-7(11)10(17(3,14)15)8(12)9(6)16-2/h4-5,13H,1-3H3. The zero-order chi connectivity index (χ0) is 13.4. The molecule has 0 aliphatic heterocycles. The molecule has 0 heterocycles. The summed E-state index contributed by atoms with van der Waals surface area (Å²) >= 11 is 0. The number of ether oxygens (including phenoxy) is 1. The fourth-order valence-corrected chi connectivity index (χ4v) is 2.29. The highest BCUT2D eigenvalue weighted by Gasteiger charge is 2.27. The minimum Gasteiger partial charge on any atom is -0.493 e. The van der Waals surface area contributed by atoms with Gasteiger partial charge in [-0.05, 0) is 13.0 Å². The third-order valence-corrected chi connectivity index (χ3v) is 3.30. The van der Waals surface area contributed by atoms with E-state index in [1.165, 1.54) is 6.92 Å². The van der Waals surface area contributed by atoms with Gasteiger partial charge in [-0.3, -0.25) is 0 Å². The van der Waals surface area contributed by atoms with Gasteiger partial charge in [0.25, 0.3) is 0 Å². The molecule has 0 bridgehead atoms. The predicted molar refractivity (Wildman–Crippen MR) is 56.7 cm³/mol. The van der Waals surface area contributed by atoms with Crippen LogP contribution in [0.25, 0.3) is 0 Å². The van der Waals surface area contributed by atoms with Crippen LogP contribution in [-0.2, 0) is 9.84 Å². The summed E-state index contributed by atoms with van der Waals surface area (Å²) < 4.78 is 54.4. The SMILES string of the molecule is COc1c(C(C)O)cc(F)c(S(C)(=O)=O)c1F. The predicted octanol–water partition coefficient (Wildman–Crippen LogP) is 1.43. The molecule has 1 N–H and O–H groups in total. The highest BCUT2D eigenvalue weighted by molar-refractivity contribution is 7.90. The van der Waals surface area contributed by atoms with Gasteiger partial charge < -0.3 is 9.84 Å². The van der Waals surface area contributed by atoms with E-state index < -0.39 is 38.2 Å². The highest BCUT2D eigenvalue weighted by atomic mass is 32.2. The molecule has 4 nitrogen and oxygen atoms in total. The van der Waals surface area contributed by atoms with Crippen molar-refractivity contribution in [2.24, 2.45) is 0 Å². The van der Waals surface area contributed by atoms with E-state index in [0.717, 1.165) is 13.2 Å². The number of hydrogen-bond acceptors (Lipinski definition) is 4. The van der Waals surface area contributed by atoms with E-state index in [-0.39, 0.29) is 5.56 Å². The van der Waals surface area contributed by atoms with Crippen molar-refractivity contribution in [2.45, 2.75) is 17.9 Å². The lowest BCUT2D eigenvalue weighted by Gasteiger charge is -2.14. The van der Waals surface area contributed by atoms with Gasteiger partial charge >= 0.3 is 0 Å². The van der Waals surface area contributed by atoms with Crippen molar-refractivity contribution in [1.29, 1.82) is 0 Å². The van der Waals surface area contributed by atoms with E-state index in [0.29, 0.717) is 6.26 Å². The van der Waals surface area contributed by atoms with Crippen LogP contribution in [0.15, 0.2) is 11.0 Å². The molecule has 1 atom stereocenters. The van der Waals surface area contributed by atoms with E-state index in [9.17, 15) is 22.3 Å². The second-order valence-corrected chi connectivity index (χ2v) is 5.52. The lowest BCUT2D eigenvalue weighted by molar-refractivity contribution is 0.191. The van der Waals surface area contributed by atoms with Crippen LogP contribution < -0.4 is 4.74 Å². The van der Waals surface area contributed by atoms with Crippen molar-refractivity contribution in [3.63, 3.8) is 0 Å². The molecule has 0 saturated carbocycles. The van der Waals surface area contributed by atoms with Crippen LogP contribution in [0.2, 0.25) is 0 Å². The third kappa shape index (κ3) is 2.55. The fourth-order valence-electron chi connectivity index (χ4n) is 1.46. The minimum atomic E-state index is -4.05. The van der Waals surface area contributed by atoms with Crippen LogP contribution in [0.5, 0.6) is 5.75 Å². The van der Waals surface area contributed by atoms with Gasteiger partial charge in [0, 0.05) is 11.8 Å². The van der Waals surface area contributed by atoms with Crippen molar-refractivity contribution in [3.8, 4) is 5.75 Å². The van der Waals surface area contributed by atoms with Gasteiger partial charge in [-0.15, -0.1) is 0 Å². The fraction of sp³-hybridized carbons (Fsp3) is 0.400. The van der Waals surface area contributed by atoms with Crippen molar-refractivity contribution in [1.82, 2.24) is 0 Å². The van der Waals surface area contributed by atoms with Gasteiger partial charge in [-0.1, -0.05) is 0 Å². The minimum absolute atomic E-state index is 0.144. The Morgan fingerprint density at radius 1 is 1.41 bits per heavy atom. The zero-order valence-corrected chi connectivity index (χ0v) is 10.3. The molecule has 0 saturated heterocycles. The summed E-state index contributed by atoms with van der Waals surface area (Å²) in [6.07, 6.45) is -0.488.